The molecule has 1 aliphatic heterocycles. The number of nitrogens with one attached hydrogen (secondary N) is 2. The van der Waals surface area contributed by atoms with Crippen LogP contribution in [0.1, 0.15) is 25.7 Å². The average Bonchev–Trinajstić information content (AvgIpc) is 3.04. The number of rotatable bonds is 7. The third-order valence-electron chi connectivity index (χ3n) is 3.16. The van der Waals surface area contributed by atoms with Crippen molar-refractivity contribution in [1.29, 1.82) is 0 Å². The van der Waals surface area contributed by atoms with Crippen LogP contribution in [-0.2, 0) is 14.3 Å². The van der Waals surface area contributed by atoms with E-state index < -0.39 is 0 Å². The van der Waals surface area contributed by atoms with E-state index in [-0.39, 0.29) is 17.7 Å². The number of amides is 2. The van der Waals surface area contributed by atoms with Gasteiger partial charge in [-0.05, 0) is 25.2 Å². The Labute approximate surface area is 101 Å². The molecule has 1 atom stereocenters. The number of ether oxygens (including phenoxy) is 1. The van der Waals surface area contributed by atoms with Crippen molar-refractivity contribution in [1.82, 2.24) is 10.6 Å². The minimum Gasteiger partial charge on any atom is -0.381 e. The van der Waals surface area contributed by atoms with Gasteiger partial charge >= 0.3 is 0 Å². The molecule has 2 amide bonds. The molecule has 0 bridgehead atoms. The van der Waals surface area contributed by atoms with Gasteiger partial charge in [0.25, 0.3) is 0 Å². The predicted octanol–water partition coefficient (Wildman–Crippen LogP) is 0.0554. The molecule has 2 rings (SSSR count). The first-order valence-corrected chi connectivity index (χ1v) is 6.38. The topological polar surface area (TPSA) is 67.4 Å². The van der Waals surface area contributed by atoms with Gasteiger partial charge in [0.15, 0.2) is 0 Å². The lowest BCUT2D eigenvalue weighted by Crippen LogP contribution is -2.32. The summed E-state index contributed by atoms with van der Waals surface area (Å²) in [7, 11) is 0. The highest BCUT2D eigenvalue weighted by atomic mass is 16.5. The Bertz CT molecular complexity index is 289. The standard InChI is InChI=1S/C12H20N2O3/c15-11-6-10(7-14-11)12(16)13-4-1-5-17-8-9-2-3-9/h9-10H,1-8H2,(H,13,16)(H,14,15). The summed E-state index contributed by atoms with van der Waals surface area (Å²) in [6.45, 7) is 2.69. The minimum atomic E-state index is -0.185. The Hall–Kier alpha value is -1.10. The van der Waals surface area contributed by atoms with Crippen LogP contribution in [0.3, 0.4) is 0 Å². The molecule has 0 aromatic carbocycles. The maximum absolute atomic E-state index is 11.6. The molecule has 1 saturated heterocycles. The third-order valence-corrected chi connectivity index (χ3v) is 3.16. The molecule has 5 heteroatoms. The zero-order valence-electron chi connectivity index (χ0n) is 10.0. The van der Waals surface area contributed by atoms with Crippen molar-refractivity contribution in [3.05, 3.63) is 0 Å². The van der Waals surface area contributed by atoms with E-state index in [0.29, 0.717) is 26.1 Å². The smallest absolute Gasteiger partial charge is 0.225 e. The number of carbonyl (C=O) groups is 2. The molecule has 96 valence electrons. The fraction of sp³-hybridized carbons (Fsp3) is 0.833. The lowest BCUT2D eigenvalue weighted by atomic mass is 10.1. The number of hydrogen-bond acceptors (Lipinski definition) is 3. The van der Waals surface area contributed by atoms with E-state index in [1.807, 2.05) is 0 Å². The Morgan fingerprint density at radius 2 is 2.29 bits per heavy atom. The molecule has 0 radical (unpaired) electrons. The monoisotopic (exact) mass is 240 g/mol. The van der Waals surface area contributed by atoms with Crippen LogP contribution in [0.2, 0.25) is 0 Å². The normalized spacial score (nSPS) is 23.5. The zero-order valence-corrected chi connectivity index (χ0v) is 10.0. The van der Waals surface area contributed by atoms with Gasteiger partial charge in [-0.15, -0.1) is 0 Å². The molecule has 17 heavy (non-hydrogen) atoms. The first kappa shape index (κ1) is 12.4. The van der Waals surface area contributed by atoms with Crippen LogP contribution < -0.4 is 10.6 Å². The summed E-state index contributed by atoms with van der Waals surface area (Å²) in [6.07, 6.45) is 3.77. The van der Waals surface area contributed by atoms with Crippen LogP contribution in [0.15, 0.2) is 0 Å². The predicted molar refractivity (Wildman–Crippen MR) is 62.3 cm³/mol. The van der Waals surface area contributed by atoms with Gasteiger partial charge < -0.3 is 15.4 Å². The largest absolute Gasteiger partial charge is 0.381 e. The van der Waals surface area contributed by atoms with E-state index in [0.717, 1.165) is 18.9 Å². The van der Waals surface area contributed by atoms with E-state index in [1.165, 1.54) is 12.8 Å². The second-order valence-corrected chi connectivity index (χ2v) is 4.87. The molecular weight excluding hydrogens is 220 g/mol. The second-order valence-electron chi connectivity index (χ2n) is 4.87. The molecule has 1 unspecified atom stereocenters. The maximum Gasteiger partial charge on any atom is 0.225 e. The van der Waals surface area contributed by atoms with E-state index in [1.54, 1.807) is 0 Å². The lowest BCUT2D eigenvalue weighted by Gasteiger charge is -2.09. The summed E-state index contributed by atoms with van der Waals surface area (Å²) in [5.74, 6) is 0.554. The summed E-state index contributed by atoms with van der Waals surface area (Å²) in [6, 6.07) is 0. The quantitative estimate of drug-likeness (QED) is 0.618. The van der Waals surface area contributed by atoms with Crippen molar-refractivity contribution in [3.63, 3.8) is 0 Å². The van der Waals surface area contributed by atoms with Gasteiger partial charge in [0.05, 0.1) is 5.92 Å². The van der Waals surface area contributed by atoms with E-state index >= 15 is 0 Å². The minimum absolute atomic E-state index is 0.0226. The summed E-state index contributed by atoms with van der Waals surface area (Å²) in [5, 5.41) is 5.49. The summed E-state index contributed by atoms with van der Waals surface area (Å²) in [5.41, 5.74) is 0. The van der Waals surface area contributed by atoms with E-state index in [9.17, 15) is 9.59 Å². The van der Waals surface area contributed by atoms with Crippen LogP contribution in [0.4, 0.5) is 0 Å². The van der Waals surface area contributed by atoms with Crippen molar-refractivity contribution in [2.75, 3.05) is 26.3 Å². The molecule has 2 fully saturated rings. The number of carbonyl (C=O) groups excluding carboxylic acids is 2. The van der Waals surface area contributed by atoms with Crippen molar-refractivity contribution in [3.8, 4) is 0 Å². The highest BCUT2D eigenvalue weighted by Gasteiger charge is 2.27. The molecule has 2 aliphatic rings. The molecule has 2 N–H and O–H groups in total. The van der Waals surface area contributed by atoms with Gasteiger partial charge in [0.1, 0.15) is 0 Å². The molecule has 0 aromatic rings. The van der Waals surface area contributed by atoms with Crippen molar-refractivity contribution >= 4 is 11.8 Å². The van der Waals surface area contributed by atoms with Crippen LogP contribution in [0, 0.1) is 11.8 Å². The maximum atomic E-state index is 11.6. The van der Waals surface area contributed by atoms with Gasteiger partial charge in [-0.2, -0.15) is 0 Å². The summed E-state index contributed by atoms with van der Waals surface area (Å²) in [4.78, 5) is 22.5. The zero-order chi connectivity index (χ0) is 12.1. The molecule has 0 aromatic heterocycles. The number of hydrogen-bond donors (Lipinski definition) is 2. The fourth-order valence-corrected chi connectivity index (χ4v) is 1.86. The van der Waals surface area contributed by atoms with Crippen LogP contribution >= 0.6 is 0 Å². The lowest BCUT2D eigenvalue weighted by molar-refractivity contribution is -0.126. The molecule has 5 nitrogen and oxygen atoms in total. The average molecular weight is 240 g/mol. The molecule has 1 heterocycles. The van der Waals surface area contributed by atoms with Gasteiger partial charge in [0.2, 0.25) is 11.8 Å². The summed E-state index contributed by atoms with van der Waals surface area (Å²) < 4.78 is 5.46. The van der Waals surface area contributed by atoms with E-state index in [2.05, 4.69) is 10.6 Å². The van der Waals surface area contributed by atoms with Gasteiger partial charge in [-0.3, -0.25) is 9.59 Å². The Balaban J connectivity index is 1.46. The summed E-state index contributed by atoms with van der Waals surface area (Å²) >= 11 is 0. The van der Waals surface area contributed by atoms with Crippen LogP contribution in [0.5, 0.6) is 0 Å². The van der Waals surface area contributed by atoms with Gasteiger partial charge in [-0.25, -0.2) is 0 Å². The molecule has 0 spiro atoms. The van der Waals surface area contributed by atoms with Gasteiger partial charge in [-0.1, -0.05) is 0 Å². The molecule has 1 saturated carbocycles. The third kappa shape index (κ3) is 4.34. The Kier molecular flexibility index (Phi) is 4.36. The van der Waals surface area contributed by atoms with Crippen LogP contribution in [-0.4, -0.2) is 38.1 Å². The Morgan fingerprint density at radius 1 is 1.47 bits per heavy atom. The molecule has 1 aliphatic carbocycles. The van der Waals surface area contributed by atoms with Gasteiger partial charge in [0, 0.05) is 32.7 Å². The highest BCUT2D eigenvalue weighted by Crippen LogP contribution is 2.28. The van der Waals surface area contributed by atoms with Crippen molar-refractivity contribution < 1.29 is 14.3 Å². The highest BCUT2D eigenvalue weighted by molar-refractivity contribution is 5.89. The SMILES string of the molecule is O=C1CC(C(=O)NCCCOCC2CC2)CN1. The second kappa shape index (κ2) is 6.00. The Morgan fingerprint density at radius 3 is 2.94 bits per heavy atom. The van der Waals surface area contributed by atoms with E-state index in [4.69, 9.17) is 4.74 Å². The van der Waals surface area contributed by atoms with Crippen molar-refractivity contribution in [2.45, 2.75) is 25.7 Å². The van der Waals surface area contributed by atoms with Crippen molar-refractivity contribution in [2.24, 2.45) is 11.8 Å². The molecular formula is C12H20N2O3. The first-order valence-electron chi connectivity index (χ1n) is 6.38. The first-order chi connectivity index (χ1) is 8.25. The fourth-order valence-electron chi connectivity index (χ4n) is 1.86. The van der Waals surface area contributed by atoms with Crippen LogP contribution in [0.25, 0.3) is 0 Å².